The summed E-state index contributed by atoms with van der Waals surface area (Å²) in [6, 6.07) is 1.98. The van der Waals surface area contributed by atoms with E-state index in [4.69, 9.17) is 10.2 Å². The van der Waals surface area contributed by atoms with Gasteiger partial charge in [0.15, 0.2) is 0 Å². The van der Waals surface area contributed by atoms with Crippen molar-refractivity contribution in [3.8, 4) is 0 Å². The summed E-state index contributed by atoms with van der Waals surface area (Å²) in [7, 11) is -0.235. The molecular formula is C19H26BN3O10. The zero-order valence-corrected chi connectivity index (χ0v) is 17.8. The number of carboxylic acid groups (broad SMARTS) is 3. The fraction of sp³-hybridized carbons (Fsp3) is 0.421. The minimum atomic E-state index is -1.70. The molecule has 0 saturated heterocycles. The van der Waals surface area contributed by atoms with Crippen LogP contribution >= 0.6 is 0 Å². The third-order valence-corrected chi connectivity index (χ3v) is 4.67. The second-order valence-electron chi connectivity index (χ2n) is 7.15. The summed E-state index contributed by atoms with van der Waals surface area (Å²) in [5.74, 6) is -4.49. The van der Waals surface area contributed by atoms with E-state index in [9.17, 15) is 39.1 Å². The van der Waals surface area contributed by atoms with E-state index in [2.05, 4.69) is 5.32 Å². The van der Waals surface area contributed by atoms with Crippen molar-refractivity contribution in [1.29, 1.82) is 0 Å². The van der Waals surface area contributed by atoms with E-state index in [0.717, 1.165) is 0 Å². The lowest BCUT2D eigenvalue weighted by molar-refractivity contribution is -0.140. The number of amides is 3. The monoisotopic (exact) mass is 467 g/mol. The molecule has 0 heterocycles. The lowest BCUT2D eigenvalue weighted by atomic mass is 9.80. The number of carbonyl (C=O) groups is 5. The average Bonchev–Trinajstić information content (AvgIpc) is 2.74. The van der Waals surface area contributed by atoms with Gasteiger partial charge in [0.05, 0.1) is 0 Å². The van der Waals surface area contributed by atoms with Gasteiger partial charge in [-0.1, -0.05) is 12.1 Å². The molecule has 0 bridgehead atoms. The average molecular weight is 467 g/mol. The maximum Gasteiger partial charge on any atom is 0.488 e. The van der Waals surface area contributed by atoms with Crippen LogP contribution in [-0.4, -0.2) is 81.5 Å². The van der Waals surface area contributed by atoms with Crippen LogP contribution < -0.4 is 21.0 Å². The maximum absolute atomic E-state index is 12.4. The first-order valence-corrected chi connectivity index (χ1v) is 9.89. The van der Waals surface area contributed by atoms with Crippen LogP contribution in [0.2, 0.25) is 0 Å². The van der Waals surface area contributed by atoms with Crippen molar-refractivity contribution in [1.82, 2.24) is 10.6 Å². The Labute approximate surface area is 189 Å². The molecule has 33 heavy (non-hydrogen) atoms. The van der Waals surface area contributed by atoms with E-state index in [-0.39, 0.29) is 37.1 Å². The number of urea groups is 1. The Morgan fingerprint density at radius 3 is 2.03 bits per heavy atom. The molecule has 180 valence electrons. The highest BCUT2D eigenvalue weighted by Crippen LogP contribution is 2.13. The Kier molecular flexibility index (Phi) is 10.8. The highest BCUT2D eigenvalue weighted by Gasteiger charge is 2.25. The molecule has 14 heteroatoms. The van der Waals surface area contributed by atoms with Crippen LogP contribution in [0.3, 0.4) is 0 Å². The van der Waals surface area contributed by atoms with Crippen LogP contribution in [-0.2, 0) is 19.2 Å². The van der Waals surface area contributed by atoms with Crippen molar-refractivity contribution in [2.24, 2.45) is 0 Å². The number of rotatable bonds is 13. The van der Waals surface area contributed by atoms with Crippen LogP contribution in [0, 0.1) is 0 Å². The fourth-order valence-corrected chi connectivity index (χ4v) is 2.80. The van der Waals surface area contributed by atoms with Crippen LogP contribution in [0.25, 0.3) is 0 Å². The van der Waals surface area contributed by atoms with Crippen molar-refractivity contribution < 1.29 is 49.3 Å². The molecule has 2 atom stereocenters. The molecule has 1 aromatic rings. The summed E-state index contributed by atoms with van der Waals surface area (Å²) >= 11 is 0. The van der Waals surface area contributed by atoms with Crippen molar-refractivity contribution in [3.63, 3.8) is 0 Å². The summed E-state index contributed by atoms with van der Waals surface area (Å²) < 4.78 is 0. The van der Waals surface area contributed by atoms with Gasteiger partial charge in [0, 0.05) is 25.6 Å². The number of hydrogen-bond donors (Lipinski definition) is 7. The van der Waals surface area contributed by atoms with E-state index in [0.29, 0.717) is 5.69 Å². The molecule has 3 amide bonds. The third-order valence-electron chi connectivity index (χ3n) is 4.67. The van der Waals surface area contributed by atoms with Crippen LogP contribution in [0.4, 0.5) is 10.5 Å². The molecule has 0 aromatic heterocycles. The molecule has 1 rings (SSSR count). The smallest absolute Gasteiger partial charge is 0.481 e. The molecule has 0 aliphatic carbocycles. The van der Waals surface area contributed by atoms with E-state index in [1.165, 1.54) is 30.1 Å². The third kappa shape index (κ3) is 9.57. The number of aliphatic carboxylic acids is 3. The topological polar surface area (TPSA) is 214 Å². The Balaban J connectivity index is 2.62. The lowest BCUT2D eigenvalue weighted by Gasteiger charge is -2.20. The first-order chi connectivity index (χ1) is 15.4. The highest BCUT2D eigenvalue weighted by atomic mass is 16.4. The largest absolute Gasteiger partial charge is 0.488 e. The Morgan fingerprint density at radius 2 is 1.52 bits per heavy atom. The second kappa shape index (κ2) is 13.0. The van der Waals surface area contributed by atoms with Gasteiger partial charge in [0.1, 0.15) is 12.1 Å². The molecule has 0 aliphatic rings. The van der Waals surface area contributed by atoms with Gasteiger partial charge in [-0.05, 0) is 36.9 Å². The SMILES string of the molecule is CN(C(=O)CCC[C@H](NC(=O)N[C@@H](CCC(=O)O)C(=O)O)C(=O)O)c1cccc(B(O)O)c1. The van der Waals surface area contributed by atoms with Gasteiger partial charge in [-0.25, -0.2) is 14.4 Å². The van der Waals surface area contributed by atoms with E-state index >= 15 is 0 Å². The van der Waals surface area contributed by atoms with Gasteiger partial charge < -0.3 is 40.9 Å². The molecule has 13 nitrogen and oxygen atoms in total. The number of carboxylic acids is 3. The zero-order chi connectivity index (χ0) is 25.1. The van der Waals surface area contributed by atoms with Crippen molar-refractivity contribution in [2.75, 3.05) is 11.9 Å². The van der Waals surface area contributed by atoms with Gasteiger partial charge in [-0.2, -0.15) is 0 Å². The first kappa shape index (κ1) is 27.4. The number of benzene rings is 1. The van der Waals surface area contributed by atoms with Crippen molar-refractivity contribution >= 4 is 48.1 Å². The standard InChI is InChI=1S/C19H26BN3O10/c1-23(12-5-2-4-11(10-12)20(32)33)15(24)7-3-6-13(17(27)28)21-19(31)22-14(18(29)30)8-9-16(25)26/h2,4-5,10,13-14,32-33H,3,6-9H2,1H3,(H,25,26)(H,27,28)(H,29,30)(H2,21,22,31)/t13-,14-/m0/s1. The molecule has 0 radical (unpaired) electrons. The second-order valence-corrected chi connectivity index (χ2v) is 7.15. The lowest BCUT2D eigenvalue weighted by Crippen LogP contribution is -2.51. The zero-order valence-electron chi connectivity index (χ0n) is 17.8. The molecule has 0 aliphatic heterocycles. The molecule has 1 aromatic carbocycles. The minimum absolute atomic E-state index is 0.0735. The maximum atomic E-state index is 12.4. The number of nitrogens with one attached hydrogen (secondary N) is 2. The summed E-state index contributed by atoms with van der Waals surface area (Å²) in [5.41, 5.74) is 0.593. The van der Waals surface area contributed by atoms with Gasteiger partial charge >= 0.3 is 31.1 Å². The summed E-state index contributed by atoms with van der Waals surface area (Å²) in [5, 5.41) is 49.6. The summed E-state index contributed by atoms with van der Waals surface area (Å²) in [6.07, 6.45) is -1.03. The fourth-order valence-electron chi connectivity index (χ4n) is 2.80. The van der Waals surface area contributed by atoms with Crippen molar-refractivity contribution in [2.45, 2.75) is 44.2 Å². The summed E-state index contributed by atoms with van der Waals surface area (Å²) in [6.45, 7) is 0. The Morgan fingerprint density at radius 1 is 0.939 bits per heavy atom. The Bertz CT molecular complexity index is 879. The van der Waals surface area contributed by atoms with Crippen LogP contribution in [0.1, 0.15) is 32.1 Å². The van der Waals surface area contributed by atoms with Crippen LogP contribution in [0.5, 0.6) is 0 Å². The molecule has 0 saturated carbocycles. The molecule has 7 N–H and O–H groups in total. The first-order valence-electron chi connectivity index (χ1n) is 9.89. The van der Waals surface area contributed by atoms with E-state index in [1.54, 1.807) is 6.07 Å². The summed E-state index contributed by atoms with van der Waals surface area (Å²) in [4.78, 5) is 58.8. The van der Waals surface area contributed by atoms with Gasteiger partial charge in [-0.15, -0.1) is 0 Å². The highest BCUT2D eigenvalue weighted by molar-refractivity contribution is 6.58. The molecule has 0 fully saturated rings. The number of anilines is 1. The minimum Gasteiger partial charge on any atom is -0.481 e. The Hall–Kier alpha value is -3.65. The molecule has 0 spiro atoms. The van der Waals surface area contributed by atoms with Gasteiger partial charge in [0.2, 0.25) is 5.91 Å². The molecule has 0 unspecified atom stereocenters. The van der Waals surface area contributed by atoms with E-state index in [1.807, 2.05) is 5.32 Å². The van der Waals surface area contributed by atoms with Crippen LogP contribution in [0.15, 0.2) is 24.3 Å². The quantitative estimate of drug-likeness (QED) is 0.168. The number of hydrogen-bond acceptors (Lipinski definition) is 7. The van der Waals surface area contributed by atoms with Gasteiger partial charge in [-0.3, -0.25) is 9.59 Å². The van der Waals surface area contributed by atoms with E-state index < -0.39 is 49.6 Å². The molecular weight excluding hydrogens is 441 g/mol. The number of carbonyl (C=O) groups excluding carboxylic acids is 2. The predicted molar refractivity (Wildman–Crippen MR) is 115 cm³/mol. The van der Waals surface area contributed by atoms with Gasteiger partial charge in [0.25, 0.3) is 0 Å². The normalized spacial score (nSPS) is 12.2. The predicted octanol–water partition coefficient (Wildman–Crippen LogP) is -1.43. The van der Waals surface area contributed by atoms with Crippen molar-refractivity contribution in [3.05, 3.63) is 24.3 Å². The number of nitrogens with zero attached hydrogens (tertiary/aromatic N) is 1.